The van der Waals surface area contributed by atoms with Gasteiger partial charge in [0.25, 0.3) is 0 Å². The summed E-state index contributed by atoms with van der Waals surface area (Å²) in [6, 6.07) is 13.1. The van der Waals surface area contributed by atoms with Crippen molar-refractivity contribution >= 4 is 28.5 Å². The van der Waals surface area contributed by atoms with E-state index in [4.69, 9.17) is 21.3 Å². The van der Waals surface area contributed by atoms with Crippen LogP contribution in [-0.4, -0.2) is 31.2 Å². The first-order chi connectivity index (χ1) is 15.1. The maximum Gasteiger partial charge on any atom is 0.337 e. The number of nitrogens with zero attached hydrogens (tertiary/aromatic N) is 3. The van der Waals surface area contributed by atoms with Gasteiger partial charge in [-0.15, -0.1) is 0 Å². The zero-order valence-corrected chi connectivity index (χ0v) is 19.1. The molecular formula is C25H24ClN3O3. The Hall–Kier alpha value is -3.22. The fraction of sp³-hybridized carbons (Fsp3) is 0.240. The Morgan fingerprint density at radius 1 is 1.16 bits per heavy atom. The monoisotopic (exact) mass is 449 g/mol. The number of rotatable bonds is 5. The Bertz CT molecular complexity index is 1280. The van der Waals surface area contributed by atoms with Crippen LogP contribution in [0, 0.1) is 6.92 Å². The second-order valence-corrected chi connectivity index (χ2v) is 9.08. The average molecular weight is 450 g/mol. The van der Waals surface area contributed by atoms with Crippen molar-refractivity contribution in [3.05, 3.63) is 77.3 Å². The summed E-state index contributed by atoms with van der Waals surface area (Å²) in [5.41, 5.74) is 3.12. The highest BCUT2D eigenvalue weighted by atomic mass is 35.5. The van der Waals surface area contributed by atoms with Crippen molar-refractivity contribution in [2.24, 2.45) is 0 Å². The van der Waals surface area contributed by atoms with Crippen LogP contribution < -0.4 is 0 Å². The predicted octanol–water partition coefficient (Wildman–Crippen LogP) is 5.99. The Morgan fingerprint density at radius 2 is 1.88 bits per heavy atom. The number of fused-ring (bicyclic) bond motifs is 1. The van der Waals surface area contributed by atoms with Crippen LogP contribution in [0.3, 0.4) is 0 Å². The van der Waals surface area contributed by atoms with E-state index in [1.807, 2.05) is 68.8 Å². The van der Waals surface area contributed by atoms with Gasteiger partial charge in [0.1, 0.15) is 12.1 Å². The van der Waals surface area contributed by atoms with Gasteiger partial charge in [-0.2, -0.15) is 0 Å². The number of hydrogen-bond acceptors (Lipinski definition) is 4. The molecule has 0 amide bonds. The minimum absolute atomic E-state index is 0.605. The van der Waals surface area contributed by atoms with Gasteiger partial charge in [-0.1, -0.05) is 23.7 Å². The summed E-state index contributed by atoms with van der Waals surface area (Å²) in [5, 5.41) is 11.5. The summed E-state index contributed by atoms with van der Waals surface area (Å²) in [5.74, 6) is -0.314. The second-order valence-electron chi connectivity index (χ2n) is 8.64. The number of carboxylic acid groups (broad SMARTS) is 1. The van der Waals surface area contributed by atoms with E-state index in [1.54, 1.807) is 24.7 Å². The van der Waals surface area contributed by atoms with Crippen LogP contribution >= 0.6 is 11.6 Å². The molecule has 1 unspecified atom stereocenters. The van der Waals surface area contributed by atoms with Crippen LogP contribution in [-0.2, 0) is 9.53 Å². The summed E-state index contributed by atoms with van der Waals surface area (Å²) in [6.45, 7) is 7.43. The molecule has 0 aliphatic carbocycles. The van der Waals surface area contributed by atoms with Gasteiger partial charge in [-0.05, 0) is 74.7 Å². The molecule has 6 nitrogen and oxygen atoms in total. The number of pyridine rings is 1. The molecule has 0 aliphatic heterocycles. The molecule has 0 saturated carbocycles. The molecule has 0 fully saturated rings. The Kier molecular flexibility index (Phi) is 5.75. The molecule has 1 atom stereocenters. The molecule has 2 aromatic carbocycles. The van der Waals surface area contributed by atoms with Crippen molar-refractivity contribution in [3.63, 3.8) is 0 Å². The van der Waals surface area contributed by atoms with Crippen LogP contribution in [0.25, 0.3) is 27.8 Å². The summed E-state index contributed by atoms with van der Waals surface area (Å²) in [4.78, 5) is 21.2. The Morgan fingerprint density at radius 3 is 2.47 bits per heavy atom. The molecule has 2 heterocycles. The van der Waals surface area contributed by atoms with Crippen molar-refractivity contribution < 1.29 is 14.6 Å². The first kappa shape index (κ1) is 22.0. The first-order valence-electron chi connectivity index (χ1n) is 10.2. The summed E-state index contributed by atoms with van der Waals surface area (Å²) >= 11 is 6.13. The molecule has 0 aliphatic rings. The highest BCUT2D eigenvalue weighted by Crippen LogP contribution is 2.40. The molecule has 32 heavy (non-hydrogen) atoms. The Balaban J connectivity index is 2.03. The summed E-state index contributed by atoms with van der Waals surface area (Å²) in [6.07, 6.45) is 4.07. The zero-order chi connectivity index (χ0) is 23.0. The van der Waals surface area contributed by atoms with Crippen molar-refractivity contribution in [1.29, 1.82) is 0 Å². The molecule has 4 rings (SSSR count). The zero-order valence-electron chi connectivity index (χ0n) is 18.3. The molecule has 0 saturated heterocycles. The van der Waals surface area contributed by atoms with Gasteiger partial charge in [0.05, 0.1) is 11.1 Å². The number of carbonyl (C=O) groups is 1. The third-order valence-corrected chi connectivity index (χ3v) is 5.34. The van der Waals surface area contributed by atoms with E-state index < -0.39 is 17.7 Å². The lowest BCUT2D eigenvalue weighted by Crippen LogP contribution is -2.28. The number of aromatic nitrogens is 3. The number of ether oxygens (including phenoxy) is 1. The summed E-state index contributed by atoms with van der Waals surface area (Å²) in [7, 11) is 0. The van der Waals surface area contributed by atoms with Gasteiger partial charge in [-0.25, -0.2) is 14.8 Å². The lowest BCUT2D eigenvalue weighted by atomic mass is 9.88. The number of halogens is 1. The molecule has 7 heteroatoms. The van der Waals surface area contributed by atoms with E-state index in [0.717, 1.165) is 33.4 Å². The fourth-order valence-corrected chi connectivity index (χ4v) is 3.93. The molecule has 0 bridgehead atoms. The lowest BCUT2D eigenvalue weighted by molar-refractivity contribution is -0.160. The van der Waals surface area contributed by atoms with E-state index in [9.17, 15) is 9.90 Å². The molecule has 1 N–H and O–H groups in total. The van der Waals surface area contributed by atoms with Crippen LogP contribution in [0.15, 0.2) is 61.2 Å². The number of imidazole rings is 1. The van der Waals surface area contributed by atoms with Crippen molar-refractivity contribution in [1.82, 2.24) is 14.5 Å². The highest BCUT2D eigenvalue weighted by Gasteiger charge is 2.31. The van der Waals surface area contributed by atoms with E-state index >= 15 is 0 Å². The average Bonchev–Trinajstić information content (AvgIpc) is 3.26. The standard InChI is InChI=1S/C25H24ClN3O3/c1-15-13-19-18(9-10-20(28-19)29-12-11-27-14-29)22(16-5-7-17(26)8-6-16)21(15)23(24(30)31)32-25(2,3)4/h5-14,23H,1-4H3,(H,30,31). The molecule has 2 aromatic heterocycles. The van der Waals surface area contributed by atoms with Gasteiger partial charge in [0.2, 0.25) is 0 Å². The van der Waals surface area contributed by atoms with E-state index in [-0.39, 0.29) is 0 Å². The molecular weight excluding hydrogens is 426 g/mol. The lowest BCUT2D eigenvalue weighted by Gasteiger charge is -2.28. The quantitative estimate of drug-likeness (QED) is 0.405. The molecule has 0 radical (unpaired) electrons. The minimum Gasteiger partial charge on any atom is -0.479 e. The fourth-order valence-electron chi connectivity index (χ4n) is 3.80. The largest absolute Gasteiger partial charge is 0.479 e. The smallest absolute Gasteiger partial charge is 0.337 e. The molecule has 0 spiro atoms. The van der Waals surface area contributed by atoms with Gasteiger partial charge in [0, 0.05) is 28.4 Å². The SMILES string of the molecule is Cc1cc2nc(-n3ccnc3)ccc2c(-c2ccc(Cl)cc2)c1C(OC(C)(C)C)C(=O)O. The van der Waals surface area contributed by atoms with Gasteiger partial charge in [0.15, 0.2) is 6.10 Å². The first-order valence-corrected chi connectivity index (χ1v) is 10.6. The topological polar surface area (TPSA) is 77.2 Å². The molecule has 164 valence electrons. The maximum atomic E-state index is 12.3. The third-order valence-electron chi connectivity index (χ3n) is 5.09. The van der Waals surface area contributed by atoms with E-state index in [2.05, 4.69) is 4.98 Å². The highest BCUT2D eigenvalue weighted by molar-refractivity contribution is 6.30. The van der Waals surface area contributed by atoms with Crippen LogP contribution in [0.1, 0.15) is 38.0 Å². The van der Waals surface area contributed by atoms with Crippen molar-refractivity contribution in [2.45, 2.75) is 39.4 Å². The number of carboxylic acids is 1. The van der Waals surface area contributed by atoms with E-state index in [1.165, 1.54) is 0 Å². The predicted molar refractivity (Wildman–Crippen MR) is 125 cm³/mol. The second kappa shape index (κ2) is 8.37. The van der Waals surface area contributed by atoms with Crippen molar-refractivity contribution in [2.75, 3.05) is 0 Å². The number of hydrogen-bond donors (Lipinski definition) is 1. The Labute approximate surface area is 191 Å². The maximum absolute atomic E-state index is 12.3. The normalized spacial score (nSPS) is 12.8. The summed E-state index contributed by atoms with van der Waals surface area (Å²) < 4.78 is 7.85. The number of aryl methyl sites for hydroxylation is 1. The van der Waals surface area contributed by atoms with Crippen molar-refractivity contribution in [3.8, 4) is 16.9 Å². The minimum atomic E-state index is -1.14. The van der Waals surface area contributed by atoms with Gasteiger partial charge in [-0.3, -0.25) is 4.57 Å². The third kappa shape index (κ3) is 4.38. The van der Waals surface area contributed by atoms with E-state index in [0.29, 0.717) is 10.6 Å². The van der Waals surface area contributed by atoms with Crippen LogP contribution in [0.2, 0.25) is 5.02 Å². The molecule has 4 aromatic rings. The van der Waals surface area contributed by atoms with Gasteiger partial charge < -0.3 is 9.84 Å². The van der Waals surface area contributed by atoms with Crippen LogP contribution in [0.4, 0.5) is 0 Å². The van der Waals surface area contributed by atoms with Crippen LogP contribution in [0.5, 0.6) is 0 Å². The number of aliphatic carboxylic acids is 1. The van der Waals surface area contributed by atoms with Gasteiger partial charge >= 0.3 is 5.97 Å². The number of benzene rings is 2.